The van der Waals surface area contributed by atoms with E-state index in [0.717, 1.165) is 17.0 Å². The number of thiophene rings is 1. The topological polar surface area (TPSA) is 46.6 Å². The normalized spacial score (nSPS) is 14.1. The third-order valence-corrected chi connectivity index (χ3v) is 4.41. The first kappa shape index (κ1) is 15.0. The Morgan fingerprint density at radius 2 is 2.20 bits per heavy atom. The molecule has 2 rings (SSSR count). The minimum atomic E-state index is -0.232. The van der Waals surface area contributed by atoms with Gasteiger partial charge in [-0.2, -0.15) is 0 Å². The number of hydrogen-bond donors (Lipinski definition) is 0. The van der Waals surface area contributed by atoms with Crippen LogP contribution in [0.15, 0.2) is 11.4 Å². The first-order valence-corrected chi connectivity index (χ1v) is 7.98. The minimum Gasteiger partial charge on any atom is -0.466 e. The Labute approximate surface area is 123 Å². The quantitative estimate of drug-likeness (QED) is 0.727. The first-order valence-electron chi connectivity index (χ1n) is 7.10. The lowest BCUT2D eigenvalue weighted by Crippen LogP contribution is -2.35. The van der Waals surface area contributed by atoms with Crippen molar-refractivity contribution in [3.8, 4) is 0 Å². The molecule has 1 saturated carbocycles. The van der Waals surface area contributed by atoms with Crippen LogP contribution in [0, 0.1) is 12.8 Å². The molecule has 0 saturated heterocycles. The number of carbonyl (C=O) groups is 2. The van der Waals surface area contributed by atoms with Crippen molar-refractivity contribution in [3.05, 3.63) is 21.9 Å². The Hall–Kier alpha value is -1.36. The lowest BCUT2D eigenvalue weighted by molar-refractivity contribution is -0.143. The Bertz CT molecular complexity index is 479. The summed E-state index contributed by atoms with van der Waals surface area (Å²) in [6.07, 6.45) is 2.65. The third kappa shape index (κ3) is 4.07. The highest BCUT2D eigenvalue weighted by atomic mass is 32.1. The average Bonchev–Trinajstić information content (AvgIpc) is 3.14. The van der Waals surface area contributed by atoms with Crippen molar-refractivity contribution in [2.45, 2.75) is 33.1 Å². The van der Waals surface area contributed by atoms with E-state index in [2.05, 4.69) is 0 Å². The van der Waals surface area contributed by atoms with Gasteiger partial charge in [0.05, 0.1) is 17.9 Å². The maximum absolute atomic E-state index is 12.5. The zero-order chi connectivity index (χ0) is 14.5. The van der Waals surface area contributed by atoms with E-state index in [0.29, 0.717) is 19.1 Å². The van der Waals surface area contributed by atoms with E-state index in [1.54, 1.807) is 6.92 Å². The van der Waals surface area contributed by atoms with Crippen LogP contribution in [0.25, 0.3) is 0 Å². The molecule has 1 heterocycles. The van der Waals surface area contributed by atoms with Crippen LogP contribution in [0.1, 0.15) is 41.4 Å². The molecule has 1 aliphatic carbocycles. The van der Waals surface area contributed by atoms with Gasteiger partial charge in [0.2, 0.25) is 0 Å². The molecule has 0 spiro atoms. The summed E-state index contributed by atoms with van der Waals surface area (Å²) in [7, 11) is 0. The largest absolute Gasteiger partial charge is 0.466 e. The van der Waals surface area contributed by atoms with Gasteiger partial charge in [-0.05, 0) is 49.6 Å². The number of nitrogens with zero attached hydrogens (tertiary/aromatic N) is 1. The standard InChI is InChI=1S/C15H21NO3S/c1-3-19-13(17)6-8-16(10-12-4-5-12)15(18)14-11(2)7-9-20-14/h7,9,12H,3-6,8,10H2,1-2H3. The van der Waals surface area contributed by atoms with Gasteiger partial charge in [-0.15, -0.1) is 11.3 Å². The van der Waals surface area contributed by atoms with Gasteiger partial charge >= 0.3 is 5.97 Å². The number of ether oxygens (including phenoxy) is 1. The van der Waals surface area contributed by atoms with Crippen LogP contribution < -0.4 is 0 Å². The van der Waals surface area contributed by atoms with E-state index >= 15 is 0 Å². The van der Waals surface area contributed by atoms with E-state index < -0.39 is 0 Å². The molecule has 0 N–H and O–H groups in total. The molecule has 0 aromatic carbocycles. The van der Waals surface area contributed by atoms with Crippen molar-refractivity contribution in [1.29, 1.82) is 0 Å². The summed E-state index contributed by atoms with van der Waals surface area (Å²) in [5, 5.41) is 1.93. The molecule has 0 radical (unpaired) electrons. The first-order chi connectivity index (χ1) is 9.61. The molecule has 1 aliphatic rings. The Balaban J connectivity index is 1.97. The number of carbonyl (C=O) groups excluding carboxylic acids is 2. The number of esters is 1. The van der Waals surface area contributed by atoms with Gasteiger partial charge in [0.1, 0.15) is 0 Å². The molecule has 0 atom stereocenters. The number of rotatable bonds is 7. The third-order valence-electron chi connectivity index (χ3n) is 3.41. The molecular weight excluding hydrogens is 274 g/mol. The molecule has 0 bridgehead atoms. The predicted octanol–water partition coefficient (Wildman–Crippen LogP) is 2.86. The molecule has 1 aromatic rings. The maximum Gasteiger partial charge on any atom is 0.307 e. The van der Waals surface area contributed by atoms with Crippen molar-refractivity contribution < 1.29 is 14.3 Å². The molecule has 5 heteroatoms. The van der Waals surface area contributed by atoms with Crippen LogP contribution in [0.3, 0.4) is 0 Å². The fourth-order valence-corrected chi connectivity index (χ4v) is 2.97. The van der Waals surface area contributed by atoms with Crippen LogP contribution in [0.2, 0.25) is 0 Å². The van der Waals surface area contributed by atoms with Gasteiger partial charge in [0.25, 0.3) is 5.91 Å². The van der Waals surface area contributed by atoms with Crippen molar-refractivity contribution in [3.63, 3.8) is 0 Å². The van der Waals surface area contributed by atoms with Gasteiger partial charge in [-0.25, -0.2) is 0 Å². The van der Waals surface area contributed by atoms with Crippen molar-refractivity contribution in [2.75, 3.05) is 19.7 Å². The van der Waals surface area contributed by atoms with Gasteiger partial charge in [0, 0.05) is 13.1 Å². The molecule has 1 fully saturated rings. The maximum atomic E-state index is 12.5. The van der Waals surface area contributed by atoms with Crippen LogP contribution in [0.5, 0.6) is 0 Å². The summed E-state index contributed by atoms with van der Waals surface area (Å²) in [5.74, 6) is 0.430. The highest BCUT2D eigenvalue weighted by Crippen LogP contribution is 2.30. The highest BCUT2D eigenvalue weighted by molar-refractivity contribution is 7.12. The van der Waals surface area contributed by atoms with Crippen LogP contribution in [-0.4, -0.2) is 36.5 Å². The van der Waals surface area contributed by atoms with Gasteiger partial charge in [-0.3, -0.25) is 9.59 Å². The fourth-order valence-electron chi connectivity index (χ4n) is 2.08. The van der Waals surface area contributed by atoms with Crippen molar-refractivity contribution in [2.24, 2.45) is 5.92 Å². The Morgan fingerprint density at radius 3 is 2.75 bits per heavy atom. The van der Waals surface area contributed by atoms with E-state index in [4.69, 9.17) is 4.74 Å². The molecule has 0 unspecified atom stereocenters. The molecular formula is C15H21NO3S. The van der Waals surface area contributed by atoms with Crippen LogP contribution in [-0.2, 0) is 9.53 Å². The summed E-state index contributed by atoms with van der Waals surface area (Å²) in [6.45, 7) is 5.34. The number of aryl methyl sites for hydroxylation is 1. The van der Waals surface area contributed by atoms with Gasteiger partial charge < -0.3 is 9.64 Å². The summed E-state index contributed by atoms with van der Waals surface area (Å²) in [5.41, 5.74) is 1.01. The van der Waals surface area contributed by atoms with Crippen molar-refractivity contribution in [1.82, 2.24) is 4.90 Å². The van der Waals surface area contributed by atoms with Crippen LogP contribution >= 0.6 is 11.3 Å². The smallest absolute Gasteiger partial charge is 0.307 e. The van der Waals surface area contributed by atoms with E-state index in [1.165, 1.54) is 24.2 Å². The fraction of sp³-hybridized carbons (Fsp3) is 0.600. The van der Waals surface area contributed by atoms with Gasteiger partial charge in [0.15, 0.2) is 0 Å². The Morgan fingerprint density at radius 1 is 1.45 bits per heavy atom. The zero-order valence-corrected chi connectivity index (χ0v) is 12.9. The minimum absolute atomic E-state index is 0.0497. The van der Waals surface area contributed by atoms with Crippen LogP contribution in [0.4, 0.5) is 0 Å². The van der Waals surface area contributed by atoms with E-state index in [9.17, 15) is 9.59 Å². The molecule has 110 valence electrons. The highest BCUT2D eigenvalue weighted by Gasteiger charge is 2.28. The molecule has 1 amide bonds. The molecule has 0 aliphatic heterocycles. The summed E-state index contributed by atoms with van der Waals surface area (Å²) in [4.78, 5) is 26.6. The van der Waals surface area contributed by atoms with Crippen molar-refractivity contribution >= 4 is 23.2 Å². The summed E-state index contributed by atoms with van der Waals surface area (Å²) in [6, 6.07) is 1.96. The molecule has 4 nitrogen and oxygen atoms in total. The zero-order valence-electron chi connectivity index (χ0n) is 12.1. The summed E-state index contributed by atoms with van der Waals surface area (Å²) >= 11 is 1.47. The number of amides is 1. The monoisotopic (exact) mass is 295 g/mol. The predicted molar refractivity (Wildman–Crippen MR) is 78.9 cm³/mol. The second-order valence-electron chi connectivity index (χ2n) is 5.18. The SMILES string of the molecule is CCOC(=O)CCN(CC1CC1)C(=O)c1sccc1C. The number of hydrogen-bond acceptors (Lipinski definition) is 4. The molecule has 1 aromatic heterocycles. The second-order valence-corrected chi connectivity index (χ2v) is 6.10. The molecule has 20 heavy (non-hydrogen) atoms. The van der Waals surface area contributed by atoms with E-state index in [-0.39, 0.29) is 18.3 Å². The lowest BCUT2D eigenvalue weighted by atomic mass is 10.2. The second kappa shape index (κ2) is 6.88. The van der Waals surface area contributed by atoms with Gasteiger partial charge in [-0.1, -0.05) is 0 Å². The lowest BCUT2D eigenvalue weighted by Gasteiger charge is -2.22. The Kier molecular flexibility index (Phi) is 5.17. The average molecular weight is 295 g/mol. The summed E-state index contributed by atoms with van der Waals surface area (Å²) < 4.78 is 4.93. The van der Waals surface area contributed by atoms with E-state index in [1.807, 2.05) is 23.3 Å².